The van der Waals surface area contributed by atoms with Crippen LogP contribution in [0.4, 0.5) is 17.1 Å². The maximum atomic E-state index is 13.4. The molecular formula is C32H37BrN2O2. The Morgan fingerprint density at radius 2 is 1.30 bits per heavy atom. The van der Waals surface area contributed by atoms with Crippen LogP contribution in [0.3, 0.4) is 0 Å². The van der Waals surface area contributed by atoms with Crippen molar-refractivity contribution >= 4 is 44.6 Å². The summed E-state index contributed by atoms with van der Waals surface area (Å²) in [6.07, 6.45) is 14.5. The van der Waals surface area contributed by atoms with E-state index in [0.717, 1.165) is 12.1 Å². The summed E-state index contributed by atoms with van der Waals surface area (Å²) >= 11 is 3.36. The van der Waals surface area contributed by atoms with Gasteiger partial charge in [0.25, 0.3) is 0 Å². The predicted molar refractivity (Wildman–Crippen MR) is 157 cm³/mol. The number of nitrogens with two attached hydrogens (primary N) is 1. The maximum absolute atomic E-state index is 13.4. The van der Waals surface area contributed by atoms with Crippen LogP contribution in [0.5, 0.6) is 0 Å². The van der Waals surface area contributed by atoms with Crippen LogP contribution in [0.2, 0.25) is 0 Å². The van der Waals surface area contributed by atoms with Crippen LogP contribution in [0.1, 0.15) is 109 Å². The minimum Gasteiger partial charge on any atom is -0.397 e. The molecule has 0 aromatic heterocycles. The lowest BCUT2D eigenvalue weighted by Gasteiger charge is -2.22. The minimum absolute atomic E-state index is 0.190. The monoisotopic (exact) mass is 560 g/mol. The minimum atomic E-state index is -0.223. The number of carbonyl (C=O) groups excluding carboxylic acids is 2. The van der Waals surface area contributed by atoms with Crippen molar-refractivity contribution in [3.05, 3.63) is 86.9 Å². The largest absolute Gasteiger partial charge is 0.397 e. The SMILES string of the molecule is CCCCCCCCCCCCc1ccc(Nc2cccc3c2C(=O)c2ccc(Br)c(N)c2C3=O)cc1. The van der Waals surface area contributed by atoms with Crippen LogP contribution < -0.4 is 11.1 Å². The van der Waals surface area contributed by atoms with Gasteiger partial charge in [-0.25, -0.2) is 0 Å². The van der Waals surface area contributed by atoms with Gasteiger partial charge < -0.3 is 11.1 Å². The lowest BCUT2D eigenvalue weighted by Crippen LogP contribution is -2.23. The number of anilines is 3. The van der Waals surface area contributed by atoms with E-state index in [1.807, 2.05) is 18.2 Å². The first kappa shape index (κ1) is 27.1. The van der Waals surface area contributed by atoms with E-state index in [0.29, 0.717) is 32.5 Å². The highest BCUT2D eigenvalue weighted by atomic mass is 79.9. The summed E-state index contributed by atoms with van der Waals surface area (Å²) in [6, 6.07) is 17.1. The Hall–Kier alpha value is -2.92. The van der Waals surface area contributed by atoms with Crippen LogP contribution in [0.15, 0.2) is 59.1 Å². The van der Waals surface area contributed by atoms with Crippen molar-refractivity contribution < 1.29 is 9.59 Å². The molecule has 4 rings (SSSR count). The molecule has 4 nitrogen and oxygen atoms in total. The molecule has 37 heavy (non-hydrogen) atoms. The second kappa shape index (κ2) is 13.0. The van der Waals surface area contributed by atoms with Crippen LogP contribution in [-0.4, -0.2) is 11.6 Å². The van der Waals surface area contributed by atoms with Gasteiger partial charge in [-0.3, -0.25) is 9.59 Å². The fourth-order valence-corrected chi connectivity index (χ4v) is 5.44. The van der Waals surface area contributed by atoms with Gasteiger partial charge in [0.05, 0.1) is 22.5 Å². The number of unbranched alkanes of at least 4 members (excludes halogenated alkanes) is 9. The Morgan fingerprint density at radius 1 is 0.703 bits per heavy atom. The number of aryl methyl sites for hydroxylation is 1. The van der Waals surface area contributed by atoms with Gasteiger partial charge in [0, 0.05) is 21.3 Å². The zero-order chi connectivity index (χ0) is 26.2. The Bertz CT molecular complexity index is 1250. The summed E-state index contributed by atoms with van der Waals surface area (Å²) in [6.45, 7) is 2.26. The standard InChI is InChI=1S/C32H37BrN2O2/c1-2-3-4-5-6-7-8-9-10-11-13-22-16-18-23(19-17-22)35-27-15-12-14-24-28(27)31(36)25-20-21-26(33)30(34)29(25)32(24)37/h12,14-21,35H,2-11,13,34H2,1H3. The van der Waals surface area contributed by atoms with Gasteiger partial charge in [-0.1, -0.05) is 89.0 Å². The Balaban J connectivity index is 1.33. The summed E-state index contributed by atoms with van der Waals surface area (Å²) in [5.74, 6) is -0.414. The zero-order valence-electron chi connectivity index (χ0n) is 21.7. The van der Waals surface area contributed by atoms with Gasteiger partial charge in [-0.15, -0.1) is 0 Å². The first-order valence-corrected chi connectivity index (χ1v) is 14.5. The van der Waals surface area contributed by atoms with Crippen LogP contribution in [-0.2, 0) is 6.42 Å². The zero-order valence-corrected chi connectivity index (χ0v) is 23.3. The quantitative estimate of drug-likeness (QED) is 0.126. The van der Waals surface area contributed by atoms with E-state index in [1.54, 1.807) is 24.3 Å². The van der Waals surface area contributed by atoms with E-state index in [4.69, 9.17) is 5.73 Å². The molecule has 0 heterocycles. The van der Waals surface area contributed by atoms with Gasteiger partial charge in [-0.05, 0) is 64.7 Å². The van der Waals surface area contributed by atoms with Gasteiger partial charge in [0.2, 0.25) is 0 Å². The molecule has 3 aromatic carbocycles. The number of nitrogen functional groups attached to an aromatic ring is 1. The van der Waals surface area contributed by atoms with Crippen LogP contribution in [0.25, 0.3) is 0 Å². The molecule has 0 fully saturated rings. The van der Waals surface area contributed by atoms with Gasteiger partial charge in [0.1, 0.15) is 0 Å². The number of rotatable bonds is 13. The Kier molecular flexibility index (Phi) is 9.56. The molecule has 0 unspecified atom stereocenters. The number of benzene rings is 3. The van der Waals surface area contributed by atoms with Crippen molar-refractivity contribution in [1.29, 1.82) is 0 Å². The molecular weight excluding hydrogens is 524 g/mol. The third kappa shape index (κ3) is 6.51. The normalized spacial score (nSPS) is 12.4. The molecule has 3 N–H and O–H groups in total. The summed E-state index contributed by atoms with van der Waals surface area (Å²) in [5, 5.41) is 3.36. The smallest absolute Gasteiger partial charge is 0.196 e. The number of halogens is 1. The van der Waals surface area contributed by atoms with E-state index in [9.17, 15) is 9.59 Å². The lowest BCUT2D eigenvalue weighted by molar-refractivity contribution is 0.0980. The molecule has 3 aromatic rings. The molecule has 0 amide bonds. The second-order valence-electron chi connectivity index (χ2n) is 10.0. The van der Waals surface area contributed by atoms with Gasteiger partial charge in [-0.2, -0.15) is 0 Å². The molecule has 0 aliphatic heterocycles. The third-order valence-electron chi connectivity index (χ3n) is 7.25. The summed E-state index contributed by atoms with van der Waals surface area (Å²) in [5.41, 5.74) is 10.7. The Labute approximate surface area is 229 Å². The molecule has 1 aliphatic rings. The molecule has 0 radical (unpaired) electrons. The number of ketones is 2. The summed E-state index contributed by atoms with van der Waals surface area (Å²) in [7, 11) is 0. The molecule has 0 bridgehead atoms. The maximum Gasteiger partial charge on any atom is 0.196 e. The number of nitrogens with one attached hydrogen (secondary N) is 1. The number of hydrogen-bond acceptors (Lipinski definition) is 4. The van der Waals surface area contributed by atoms with Crippen molar-refractivity contribution in [2.45, 2.75) is 77.6 Å². The van der Waals surface area contributed by atoms with E-state index in [1.165, 1.54) is 69.8 Å². The first-order chi connectivity index (χ1) is 18.0. The Morgan fingerprint density at radius 3 is 1.97 bits per heavy atom. The molecule has 1 aliphatic carbocycles. The fourth-order valence-electron chi connectivity index (χ4n) is 5.11. The first-order valence-electron chi connectivity index (χ1n) is 13.7. The van der Waals surface area contributed by atoms with E-state index in [2.05, 4.69) is 40.3 Å². The highest BCUT2D eigenvalue weighted by Gasteiger charge is 2.33. The highest BCUT2D eigenvalue weighted by molar-refractivity contribution is 9.10. The molecule has 0 atom stereocenters. The van der Waals surface area contributed by atoms with Crippen molar-refractivity contribution in [2.75, 3.05) is 11.1 Å². The fraction of sp³-hybridized carbons (Fsp3) is 0.375. The third-order valence-corrected chi connectivity index (χ3v) is 7.94. The van der Waals surface area contributed by atoms with Gasteiger partial charge in [0.15, 0.2) is 11.6 Å². The van der Waals surface area contributed by atoms with Crippen molar-refractivity contribution in [3.8, 4) is 0 Å². The summed E-state index contributed by atoms with van der Waals surface area (Å²) < 4.78 is 0.614. The highest BCUT2D eigenvalue weighted by Crippen LogP contribution is 2.37. The average molecular weight is 562 g/mol. The van der Waals surface area contributed by atoms with E-state index < -0.39 is 0 Å². The molecule has 0 saturated carbocycles. The van der Waals surface area contributed by atoms with E-state index in [-0.39, 0.29) is 17.1 Å². The van der Waals surface area contributed by atoms with Crippen LogP contribution >= 0.6 is 15.9 Å². The number of hydrogen-bond donors (Lipinski definition) is 2. The second-order valence-corrected chi connectivity index (χ2v) is 10.9. The molecule has 5 heteroatoms. The molecule has 0 saturated heterocycles. The van der Waals surface area contributed by atoms with Gasteiger partial charge >= 0.3 is 0 Å². The van der Waals surface area contributed by atoms with Crippen molar-refractivity contribution in [3.63, 3.8) is 0 Å². The van der Waals surface area contributed by atoms with Crippen molar-refractivity contribution in [2.24, 2.45) is 0 Å². The topological polar surface area (TPSA) is 72.2 Å². The van der Waals surface area contributed by atoms with Crippen molar-refractivity contribution in [1.82, 2.24) is 0 Å². The average Bonchev–Trinajstić information content (AvgIpc) is 2.90. The number of fused-ring (bicyclic) bond motifs is 2. The van der Waals surface area contributed by atoms with Crippen LogP contribution in [0, 0.1) is 0 Å². The molecule has 194 valence electrons. The predicted octanol–water partition coefficient (Wildman–Crippen LogP) is 9.01. The lowest BCUT2D eigenvalue weighted by atomic mass is 9.82. The molecule has 0 spiro atoms. The van der Waals surface area contributed by atoms with E-state index >= 15 is 0 Å². The number of carbonyl (C=O) groups is 2. The summed E-state index contributed by atoms with van der Waals surface area (Å²) in [4.78, 5) is 26.6.